The van der Waals surface area contributed by atoms with Gasteiger partial charge in [0.2, 0.25) is 5.91 Å². The Morgan fingerprint density at radius 1 is 0.909 bits per heavy atom. The zero-order valence-electron chi connectivity index (χ0n) is 32.2. The van der Waals surface area contributed by atoms with Crippen LogP contribution in [0, 0.1) is 0 Å². The van der Waals surface area contributed by atoms with Crippen LogP contribution >= 0.6 is 7.29 Å². The number of rotatable bonds is 19. The lowest BCUT2D eigenvalue weighted by Crippen LogP contribution is -2.57. The third-order valence-corrected chi connectivity index (χ3v) is 11.9. The van der Waals surface area contributed by atoms with Gasteiger partial charge in [0.05, 0.1) is 38.9 Å². The van der Waals surface area contributed by atoms with Gasteiger partial charge in [-0.2, -0.15) is 0 Å². The van der Waals surface area contributed by atoms with Crippen molar-refractivity contribution >= 4 is 43.0 Å². The van der Waals surface area contributed by atoms with Gasteiger partial charge in [0, 0.05) is 70.3 Å². The normalized spacial score (nSPS) is 17.2. The number of hydrogen-bond acceptors (Lipinski definition) is 13. The highest BCUT2D eigenvalue weighted by molar-refractivity contribution is 7.62. The number of methoxy groups -OCH3 is 1. The molecule has 4 rings (SSSR count). The maximum Gasteiger partial charge on any atom is 0.409 e. The minimum atomic E-state index is -3.77. The lowest BCUT2D eigenvalue weighted by molar-refractivity contribution is -0.143. The molecule has 3 heterocycles. The summed E-state index contributed by atoms with van der Waals surface area (Å²) in [6.45, 7) is 7.15. The predicted molar refractivity (Wildman–Crippen MR) is 204 cm³/mol. The molecule has 0 radical (unpaired) electrons. The van der Waals surface area contributed by atoms with Crippen molar-refractivity contribution in [3.63, 3.8) is 0 Å². The molecule has 17 nitrogen and oxygen atoms in total. The molecule has 0 spiro atoms. The molecule has 18 heteroatoms. The highest BCUT2D eigenvalue weighted by Gasteiger charge is 2.37. The number of carbonyl (C=O) groups excluding carboxylic acids is 5. The van der Waals surface area contributed by atoms with Gasteiger partial charge in [0.25, 0.3) is 5.91 Å². The van der Waals surface area contributed by atoms with Crippen molar-refractivity contribution < 1.29 is 47.5 Å². The average molecular weight is 788 g/mol. The molecule has 2 aliphatic rings. The monoisotopic (exact) mass is 787 g/mol. The van der Waals surface area contributed by atoms with E-state index in [-0.39, 0.29) is 63.8 Å². The van der Waals surface area contributed by atoms with Gasteiger partial charge in [-0.3, -0.25) is 24.3 Å². The van der Waals surface area contributed by atoms with Gasteiger partial charge < -0.3 is 43.5 Å². The lowest BCUT2D eigenvalue weighted by Gasteiger charge is -2.36. The Balaban J connectivity index is 1.65. The first-order valence-electron chi connectivity index (χ1n) is 18.9. The Labute approximate surface area is 322 Å². The molecule has 1 aromatic carbocycles. The summed E-state index contributed by atoms with van der Waals surface area (Å²) in [6.07, 6.45) is 0.926. The van der Waals surface area contributed by atoms with E-state index in [0.717, 1.165) is 19.3 Å². The molecule has 2 aromatic rings. The van der Waals surface area contributed by atoms with Gasteiger partial charge >= 0.3 is 18.0 Å². The minimum Gasteiger partial charge on any atom is -0.466 e. The van der Waals surface area contributed by atoms with E-state index in [0.29, 0.717) is 36.9 Å². The Morgan fingerprint density at radius 3 is 2.25 bits per heavy atom. The van der Waals surface area contributed by atoms with Crippen molar-refractivity contribution in [1.29, 1.82) is 0 Å². The van der Waals surface area contributed by atoms with Crippen LogP contribution in [-0.2, 0) is 37.9 Å². The summed E-state index contributed by atoms with van der Waals surface area (Å²) < 4.78 is 35.5. The summed E-state index contributed by atoms with van der Waals surface area (Å²) in [7, 11) is -2.13. The molecular weight excluding hydrogens is 733 g/mol. The van der Waals surface area contributed by atoms with E-state index >= 15 is 0 Å². The van der Waals surface area contributed by atoms with Crippen molar-refractivity contribution in [3.05, 3.63) is 42.1 Å². The van der Waals surface area contributed by atoms with Gasteiger partial charge in [-0.05, 0) is 26.7 Å². The topological polar surface area (TPSA) is 199 Å². The Hall–Kier alpha value is -4.60. The number of anilines is 1. The quantitative estimate of drug-likeness (QED) is 0.0912. The molecule has 3 amide bonds. The summed E-state index contributed by atoms with van der Waals surface area (Å²) in [4.78, 5) is 80.2. The van der Waals surface area contributed by atoms with Gasteiger partial charge in [-0.25, -0.2) is 14.8 Å². The van der Waals surface area contributed by atoms with Crippen LogP contribution in [0.15, 0.2) is 36.4 Å². The van der Waals surface area contributed by atoms with Gasteiger partial charge in [0.1, 0.15) is 17.6 Å². The molecule has 0 saturated carbocycles. The standard InChI is InChI=1S/C37H54N7O10P/c1-5-8-21-54-37(49)43-19-17-42(18-20-43)36(48)30(26-55(50,22-15-32(45)52-6-2)38-24-33(46)53-7-3)40-35(47)29-23-31(44-16-14-28(25-44)51-4)41-34(39-29)27-12-10-9-11-13-27/h9-13,23,28,30H,5-8,14-22,24-26H2,1-4H3,(H,38,50)(H,40,47)/t28-,30-,55?/m0/s1. The van der Waals surface area contributed by atoms with Gasteiger partial charge in [-0.15, -0.1) is 0 Å². The smallest absolute Gasteiger partial charge is 0.409 e. The van der Waals surface area contributed by atoms with Crippen LogP contribution in [0.25, 0.3) is 11.4 Å². The lowest BCUT2D eigenvalue weighted by atomic mass is 10.2. The van der Waals surface area contributed by atoms with Crippen LogP contribution in [0.1, 0.15) is 56.9 Å². The number of ether oxygens (including phenoxy) is 4. The first kappa shape index (κ1) is 43.1. The number of unbranched alkanes of at least 4 members (excludes halogenated alkanes) is 1. The van der Waals surface area contributed by atoms with Crippen LogP contribution < -0.4 is 15.3 Å². The summed E-state index contributed by atoms with van der Waals surface area (Å²) in [5.41, 5.74) is 0.647. The summed E-state index contributed by atoms with van der Waals surface area (Å²) in [6, 6.07) is 9.32. The molecule has 302 valence electrons. The number of nitrogens with one attached hydrogen (secondary N) is 2. The van der Waals surface area contributed by atoms with Crippen LogP contribution in [-0.4, -0.2) is 147 Å². The van der Waals surface area contributed by atoms with Crippen LogP contribution in [0.2, 0.25) is 0 Å². The molecule has 3 atom stereocenters. The Bertz CT molecular complexity index is 1630. The fourth-order valence-electron chi connectivity index (χ4n) is 6.16. The van der Waals surface area contributed by atoms with Crippen molar-refractivity contribution in [2.75, 3.05) is 90.0 Å². The van der Waals surface area contributed by atoms with E-state index < -0.39 is 55.9 Å². The largest absolute Gasteiger partial charge is 0.466 e. The molecule has 1 unspecified atom stereocenters. The SMILES string of the molecule is CCCCOC(=O)N1CCN(C(=O)[C@H](CP(=O)(CCC(=O)OCC)NCC(=O)OCC)NC(=O)c2cc(N3CC[C@H](OC)C3)nc(-c3ccccc3)n2)CC1. The second-order valence-electron chi connectivity index (χ2n) is 13.2. The van der Waals surface area contributed by atoms with Crippen molar-refractivity contribution in [2.24, 2.45) is 0 Å². The predicted octanol–water partition coefficient (Wildman–Crippen LogP) is 2.93. The van der Waals surface area contributed by atoms with E-state index in [1.807, 2.05) is 42.2 Å². The van der Waals surface area contributed by atoms with E-state index in [2.05, 4.69) is 15.4 Å². The highest BCUT2D eigenvalue weighted by Crippen LogP contribution is 2.42. The molecule has 1 aromatic heterocycles. The van der Waals surface area contributed by atoms with Crippen molar-refractivity contribution in [3.8, 4) is 11.4 Å². The maximum absolute atomic E-state index is 14.6. The Morgan fingerprint density at radius 2 is 1.60 bits per heavy atom. The molecule has 2 saturated heterocycles. The number of nitrogens with zero attached hydrogens (tertiary/aromatic N) is 5. The highest BCUT2D eigenvalue weighted by atomic mass is 31.2. The van der Waals surface area contributed by atoms with E-state index in [1.54, 1.807) is 27.0 Å². The third-order valence-electron chi connectivity index (χ3n) is 9.23. The molecule has 2 fully saturated rings. The summed E-state index contributed by atoms with van der Waals surface area (Å²) in [5, 5.41) is 5.53. The number of esters is 2. The summed E-state index contributed by atoms with van der Waals surface area (Å²) >= 11 is 0. The second kappa shape index (κ2) is 21.5. The molecule has 55 heavy (non-hydrogen) atoms. The molecule has 2 N–H and O–H groups in total. The zero-order valence-corrected chi connectivity index (χ0v) is 33.1. The number of aromatic nitrogens is 2. The zero-order chi connectivity index (χ0) is 39.8. The molecule has 0 bridgehead atoms. The van der Waals surface area contributed by atoms with Crippen LogP contribution in [0.3, 0.4) is 0 Å². The third kappa shape index (κ3) is 13.0. The first-order chi connectivity index (χ1) is 26.5. The van der Waals surface area contributed by atoms with E-state index in [1.165, 1.54) is 9.80 Å². The fourth-order valence-corrected chi connectivity index (χ4v) is 8.42. The second-order valence-corrected chi connectivity index (χ2v) is 16.1. The van der Waals surface area contributed by atoms with Gasteiger partial charge in [-0.1, -0.05) is 43.7 Å². The first-order valence-corrected chi connectivity index (χ1v) is 20.9. The minimum absolute atomic E-state index is 0.0149. The van der Waals surface area contributed by atoms with Crippen molar-refractivity contribution in [1.82, 2.24) is 30.2 Å². The Kier molecular flexibility index (Phi) is 16.8. The average Bonchev–Trinajstić information content (AvgIpc) is 3.69. The van der Waals surface area contributed by atoms with Crippen LogP contribution in [0.4, 0.5) is 10.6 Å². The maximum atomic E-state index is 14.6. The summed E-state index contributed by atoms with van der Waals surface area (Å²) in [5.74, 6) is -1.75. The molecule has 0 aliphatic carbocycles. The molecule has 2 aliphatic heterocycles. The van der Waals surface area contributed by atoms with Crippen LogP contribution in [0.5, 0.6) is 0 Å². The van der Waals surface area contributed by atoms with E-state index in [4.69, 9.17) is 23.9 Å². The number of carbonyl (C=O) groups is 5. The number of piperazine rings is 1. The number of benzene rings is 1. The van der Waals surface area contributed by atoms with Gasteiger partial charge in [0.15, 0.2) is 13.1 Å². The number of hydrogen-bond donors (Lipinski definition) is 2. The van der Waals surface area contributed by atoms with E-state index in [9.17, 15) is 28.5 Å². The fraction of sp³-hybridized carbons (Fsp3) is 0.595. The van der Waals surface area contributed by atoms with Crippen molar-refractivity contribution in [2.45, 2.75) is 58.6 Å². The number of amides is 3. The molecular formula is C37H54N7O10P.